The smallest absolute Gasteiger partial charge is 0.0292 e. The lowest BCUT2D eigenvalue weighted by molar-refractivity contribution is 0.276. The molecule has 0 aromatic rings. The van der Waals surface area contributed by atoms with Crippen LogP contribution in [0.1, 0.15) is 39.5 Å². The Morgan fingerprint density at radius 2 is 2.00 bits per heavy atom. The second kappa shape index (κ2) is 5.33. The average Bonchev–Trinajstić information content (AvgIpc) is 2.15. The summed E-state index contributed by atoms with van der Waals surface area (Å²) in [6.07, 6.45) is 5.59. The van der Waals surface area contributed by atoms with Gasteiger partial charge in [-0.2, -0.15) is 23.5 Å². The highest BCUT2D eigenvalue weighted by Crippen LogP contribution is 2.39. The van der Waals surface area contributed by atoms with Crippen molar-refractivity contribution in [1.29, 1.82) is 0 Å². The van der Waals surface area contributed by atoms with Crippen molar-refractivity contribution in [3.8, 4) is 0 Å². The maximum atomic E-state index is 6.33. The SMILES string of the molecule is CC1SCC(C(N)CC2CCC2)SC1C. The van der Waals surface area contributed by atoms with Crippen molar-refractivity contribution in [1.82, 2.24) is 0 Å². The summed E-state index contributed by atoms with van der Waals surface area (Å²) in [5.41, 5.74) is 6.33. The van der Waals surface area contributed by atoms with Crippen molar-refractivity contribution in [2.24, 2.45) is 11.7 Å². The number of nitrogens with two attached hydrogens (primary N) is 1. The van der Waals surface area contributed by atoms with Gasteiger partial charge in [0.15, 0.2) is 0 Å². The molecule has 2 N–H and O–H groups in total. The van der Waals surface area contributed by atoms with E-state index < -0.39 is 0 Å². The Kier molecular flexibility index (Phi) is 4.31. The summed E-state index contributed by atoms with van der Waals surface area (Å²) in [5, 5.41) is 2.30. The van der Waals surface area contributed by atoms with E-state index in [0.717, 1.165) is 16.4 Å². The van der Waals surface area contributed by atoms with Crippen LogP contribution in [0.5, 0.6) is 0 Å². The summed E-state index contributed by atoms with van der Waals surface area (Å²) in [5.74, 6) is 2.23. The van der Waals surface area contributed by atoms with Crippen LogP contribution in [0.2, 0.25) is 0 Å². The summed E-state index contributed by atoms with van der Waals surface area (Å²) < 4.78 is 0. The van der Waals surface area contributed by atoms with E-state index in [-0.39, 0.29) is 0 Å². The first kappa shape index (κ1) is 12.1. The third-order valence-corrected chi connectivity index (χ3v) is 7.45. The van der Waals surface area contributed by atoms with Crippen LogP contribution in [-0.2, 0) is 0 Å². The molecular weight excluding hydrogens is 222 g/mol. The fraction of sp³-hybridized carbons (Fsp3) is 1.00. The Hall–Kier alpha value is 0.660. The van der Waals surface area contributed by atoms with Crippen LogP contribution in [0.3, 0.4) is 0 Å². The predicted octanol–water partition coefficient (Wildman–Crippen LogP) is 3.13. The first-order chi connectivity index (χ1) is 7.16. The van der Waals surface area contributed by atoms with E-state index in [2.05, 4.69) is 37.4 Å². The molecule has 1 nitrogen and oxygen atoms in total. The molecule has 0 bridgehead atoms. The Bertz CT molecular complexity index is 206. The van der Waals surface area contributed by atoms with Gasteiger partial charge in [-0.25, -0.2) is 0 Å². The zero-order chi connectivity index (χ0) is 10.8. The van der Waals surface area contributed by atoms with Crippen LogP contribution < -0.4 is 5.73 Å². The number of hydrogen-bond donors (Lipinski definition) is 1. The van der Waals surface area contributed by atoms with Gasteiger partial charge in [0.05, 0.1) is 0 Å². The van der Waals surface area contributed by atoms with Gasteiger partial charge in [-0.15, -0.1) is 0 Å². The molecule has 0 amide bonds. The van der Waals surface area contributed by atoms with E-state index in [0.29, 0.717) is 11.3 Å². The highest BCUT2D eigenvalue weighted by atomic mass is 32.2. The van der Waals surface area contributed by atoms with Crippen LogP contribution in [0, 0.1) is 5.92 Å². The Labute approximate surface area is 102 Å². The summed E-state index contributed by atoms with van der Waals surface area (Å²) >= 11 is 4.25. The zero-order valence-electron chi connectivity index (χ0n) is 9.82. The van der Waals surface area contributed by atoms with Gasteiger partial charge in [0.25, 0.3) is 0 Å². The van der Waals surface area contributed by atoms with Crippen LogP contribution >= 0.6 is 23.5 Å². The molecular formula is C12H23NS2. The highest BCUT2D eigenvalue weighted by Gasteiger charge is 2.31. The molecule has 2 aliphatic rings. The zero-order valence-corrected chi connectivity index (χ0v) is 11.4. The van der Waals surface area contributed by atoms with E-state index in [4.69, 9.17) is 5.73 Å². The Balaban J connectivity index is 1.77. The maximum absolute atomic E-state index is 6.33. The van der Waals surface area contributed by atoms with Gasteiger partial charge in [-0.3, -0.25) is 0 Å². The topological polar surface area (TPSA) is 26.0 Å². The molecule has 1 heterocycles. The average molecular weight is 245 g/mol. The molecule has 3 heteroatoms. The van der Waals surface area contributed by atoms with Crippen molar-refractivity contribution in [2.75, 3.05) is 5.75 Å². The second-order valence-electron chi connectivity index (χ2n) is 5.11. The van der Waals surface area contributed by atoms with Crippen LogP contribution in [-0.4, -0.2) is 27.5 Å². The molecule has 1 saturated carbocycles. The van der Waals surface area contributed by atoms with Crippen molar-refractivity contribution in [3.05, 3.63) is 0 Å². The van der Waals surface area contributed by atoms with E-state index in [9.17, 15) is 0 Å². The highest BCUT2D eigenvalue weighted by molar-refractivity contribution is 8.07. The number of thioether (sulfide) groups is 2. The lowest BCUT2D eigenvalue weighted by atomic mass is 9.80. The molecule has 0 radical (unpaired) electrons. The molecule has 2 fully saturated rings. The van der Waals surface area contributed by atoms with Gasteiger partial charge in [-0.05, 0) is 12.3 Å². The molecule has 0 spiro atoms. The molecule has 4 atom stereocenters. The molecule has 1 saturated heterocycles. The quantitative estimate of drug-likeness (QED) is 0.827. The van der Waals surface area contributed by atoms with Crippen LogP contribution in [0.25, 0.3) is 0 Å². The lowest BCUT2D eigenvalue weighted by Crippen LogP contribution is -2.41. The summed E-state index contributed by atoms with van der Waals surface area (Å²) in [6.45, 7) is 4.70. The molecule has 0 aromatic heterocycles. The monoisotopic (exact) mass is 245 g/mol. The van der Waals surface area contributed by atoms with Crippen LogP contribution in [0.4, 0.5) is 0 Å². The number of rotatable bonds is 3. The fourth-order valence-corrected chi connectivity index (χ4v) is 5.37. The van der Waals surface area contributed by atoms with Crippen molar-refractivity contribution in [2.45, 2.75) is 61.3 Å². The largest absolute Gasteiger partial charge is 0.327 e. The minimum Gasteiger partial charge on any atom is -0.327 e. The van der Waals surface area contributed by atoms with Crippen molar-refractivity contribution >= 4 is 23.5 Å². The van der Waals surface area contributed by atoms with Crippen molar-refractivity contribution < 1.29 is 0 Å². The molecule has 15 heavy (non-hydrogen) atoms. The lowest BCUT2D eigenvalue weighted by Gasteiger charge is -2.37. The third-order valence-electron chi connectivity index (χ3n) is 3.88. The van der Waals surface area contributed by atoms with E-state index >= 15 is 0 Å². The number of hydrogen-bond acceptors (Lipinski definition) is 3. The van der Waals surface area contributed by atoms with Gasteiger partial charge in [0.1, 0.15) is 0 Å². The van der Waals surface area contributed by atoms with Crippen molar-refractivity contribution in [3.63, 3.8) is 0 Å². The van der Waals surface area contributed by atoms with Gasteiger partial charge >= 0.3 is 0 Å². The van der Waals surface area contributed by atoms with Crippen LogP contribution in [0.15, 0.2) is 0 Å². The Morgan fingerprint density at radius 3 is 2.53 bits per heavy atom. The van der Waals surface area contributed by atoms with E-state index in [1.807, 2.05) is 0 Å². The van der Waals surface area contributed by atoms with E-state index in [1.165, 1.54) is 31.4 Å². The summed E-state index contributed by atoms with van der Waals surface area (Å²) in [6, 6.07) is 0.447. The molecule has 1 aliphatic heterocycles. The fourth-order valence-electron chi connectivity index (χ4n) is 2.30. The molecule has 2 rings (SSSR count). The standard InChI is InChI=1S/C12H23NS2/c1-8-9(2)15-12(7-14-8)11(13)6-10-4-3-5-10/h8-12H,3-7,13H2,1-2H3. The summed E-state index contributed by atoms with van der Waals surface area (Å²) in [4.78, 5) is 0. The minimum absolute atomic E-state index is 0.447. The molecule has 0 aromatic carbocycles. The third kappa shape index (κ3) is 3.07. The second-order valence-corrected chi connectivity index (χ2v) is 8.15. The van der Waals surface area contributed by atoms with Gasteiger partial charge in [0.2, 0.25) is 0 Å². The normalized spacial score (nSPS) is 39.8. The first-order valence-electron chi connectivity index (χ1n) is 6.19. The molecule has 4 unspecified atom stereocenters. The van der Waals surface area contributed by atoms with E-state index in [1.54, 1.807) is 0 Å². The molecule has 1 aliphatic carbocycles. The van der Waals surface area contributed by atoms with Gasteiger partial charge in [0, 0.05) is 27.5 Å². The summed E-state index contributed by atoms with van der Waals surface area (Å²) in [7, 11) is 0. The maximum Gasteiger partial charge on any atom is 0.0292 e. The minimum atomic E-state index is 0.447. The Morgan fingerprint density at radius 1 is 1.27 bits per heavy atom. The molecule has 88 valence electrons. The first-order valence-corrected chi connectivity index (χ1v) is 8.18. The van der Waals surface area contributed by atoms with Gasteiger partial charge in [-0.1, -0.05) is 33.1 Å². The predicted molar refractivity (Wildman–Crippen MR) is 72.7 cm³/mol. The van der Waals surface area contributed by atoms with Gasteiger partial charge < -0.3 is 5.73 Å².